The van der Waals surface area contributed by atoms with Crippen LogP contribution in [0.2, 0.25) is 0 Å². The van der Waals surface area contributed by atoms with E-state index < -0.39 is 18.1 Å². The highest BCUT2D eigenvalue weighted by atomic mass is 16.4. The molecule has 4 N–H and O–H groups in total. The SMILES string of the molecule is N[C@@H](CCC(=O)N1C[C@H](Cc2ccnc3cccnc23)[C@H](O)C1)C(=O)O. The third kappa shape index (κ3) is 3.97. The van der Waals surface area contributed by atoms with Crippen molar-refractivity contribution >= 4 is 22.9 Å². The fourth-order valence-electron chi connectivity index (χ4n) is 3.30. The minimum absolute atomic E-state index is 0.0622. The fourth-order valence-corrected chi connectivity index (χ4v) is 3.30. The van der Waals surface area contributed by atoms with Gasteiger partial charge in [0, 0.05) is 37.8 Å². The summed E-state index contributed by atoms with van der Waals surface area (Å²) in [6.07, 6.45) is 3.54. The largest absolute Gasteiger partial charge is 0.480 e. The number of carbonyl (C=O) groups excluding carboxylic acids is 1. The predicted molar refractivity (Wildman–Crippen MR) is 94.2 cm³/mol. The quantitative estimate of drug-likeness (QED) is 0.672. The van der Waals surface area contributed by atoms with E-state index >= 15 is 0 Å². The van der Waals surface area contributed by atoms with Crippen molar-refractivity contribution in [1.29, 1.82) is 0 Å². The molecule has 1 saturated heterocycles. The first kappa shape index (κ1) is 18.2. The third-order valence-electron chi connectivity index (χ3n) is 4.81. The molecule has 138 valence electrons. The summed E-state index contributed by atoms with van der Waals surface area (Å²) in [4.78, 5) is 33.3. The molecule has 0 spiro atoms. The van der Waals surface area contributed by atoms with Crippen molar-refractivity contribution < 1.29 is 19.8 Å². The lowest BCUT2D eigenvalue weighted by Gasteiger charge is -2.17. The van der Waals surface area contributed by atoms with E-state index in [4.69, 9.17) is 10.8 Å². The second-order valence-electron chi connectivity index (χ2n) is 6.65. The summed E-state index contributed by atoms with van der Waals surface area (Å²) in [5.74, 6) is -1.39. The van der Waals surface area contributed by atoms with Crippen LogP contribution in [0.4, 0.5) is 0 Å². The summed E-state index contributed by atoms with van der Waals surface area (Å²) < 4.78 is 0. The van der Waals surface area contributed by atoms with Gasteiger partial charge in [-0.05, 0) is 36.6 Å². The van der Waals surface area contributed by atoms with E-state index in [0.717, 1.165) is 16.6 Å². The molecule has 1 aliphatic rings. The van der Waals surface area contributed by atoms with Crippen molar-refractivity contribution in [1.82, 2.24) is 14.9 Å². The molecule has 8 heteroatoms. The number of amides is 1. The van der Waals surface area contributed by atoms with Crippen molar-refractivity contribution in [3.63, 3.8) is 0 Å². The van der Waals surface area contributed by atoms with Crippen LogP contribution in [0.25, 0.3) is 11.0 Å². The molecule has 1 fully saturated rings. The van der Waals surface area contributed by atoms with E-state index in [0.29, 0.717) is 13.0 Å². The van der Waals surface area contributed by atoms with Gasteiger partial charge in [0.25, 0.3) is 0 Å². The molecule has 3 rings (SSSR count). The highest BCUT2D eigenvalue weighted by Gasteiger charge is 2.34. The molecule has 2 aromatic heterocycles. The number of carboxylic acid groups (broad SMARTS) is 1. The van der Waals surface area contributed by atoms with Gasteiger partial charge in [-0.3, -0.25) is 19.6 Å². The Labute approximate surface area is 150 Å². The van der Waals surface area contributed by atoms with Crippen molar-refractivity contribution in [2.24, 2.45) is 11.7 Å². The van der Waals surface area contributed by atoms with E-state index in [1.807, 2.05) is 18.2 Å². The van der Waals surface area contributed by atoms with Gasteiger partial charge in [-0.1, -0.05) is 0 Å². The number of pyridine rings is 2. The van der Waals surface area contributed by atoms with E-state index in [1.54, 1.807) is 17.3 Å². The molecule has 2 aromatic rings. The summed E-state index contributed by atoms with van der Waals surface area (Å²) >= 11 is 0. The number of carboxylic acids is 1. The van der Waals surface area contributed by atoms with E-state index in [9.17, 15) is 14.7 Å². The number of aliphatic hydroxyl groups excluding tert-OH is 1. The lowest BCUT2D eigenvalue weighted by atomic mass is 9.96. The Hall–Kier alpha value is -2.58. The third-order valence-corrected chi connectivity index (χ3v) is 4.81. The Balaban J connectivity index is 1.63. The lowest BCUT2D eigenvalue weighted by molar-refractivity contribution is -0.139. The van der Waals surface area contributed by atoms with Crippen LogP contribution >= 0.6 is 0 Å². The minimum Gasteiger partial charge on any atom is -0.480 e. The number of aromatic nitrogens is 2. The second kappa shape index (κ2) is 7.76. The van der Waals surface area contributed by atoms with Crippen LogP contribution in [0.15, 0.2) is 30.6 Å². The van der Waals surface area contributed by atoms with Gasteiger partial charge in [-0.15, -0.1) is 0 Å². The van der Waals surface area contributed by atoms with Crippen LogP contribution in [0.5, 0.6) is 0 Å². The zero-order valence-corrected chi connectivity index (χ0v) is 14.3. The maximum atomic E-state index is 12.3. The van der Waals surface area contributed by atoms with Gasteiger partial charge < -0.3 is 20.8 Å². The predicted octanol–water partition coefficient (Wildman–Crippen LogP) is 0.184. The number of nitrogens with zero attached hydrogens (tertiary/aromatic N) is 3. The number of hydrogen-bond acceptors (Lipinski definition) is 6. The highest BCUT2D eigenvalue weighted by molar-refractivity contribution is 5.79. The molecule has 0 unspecified atom stereocenters. The smallest absolute Gasteiger partial charge is 0.320 e. The van der Waals surface area contributed by atoms with Gasteiger partial charge >= 0.3 is 5.97 Å². The summed E-state index contributed by atoms with van der Waals surface area (Å²) in [6.45, 7) is 0.682. The Kier molecular flexibility index (Phi) is 5.43. The second-order valence-corrected chi connectivity index (χ2v) is 6.65. The highest BCUT2D eigenvalue weighted by Crippen LogP contribution is 2.25. The molecule has 0 bridgehead atoms. The van der Waals surface area contributed by atoms with Crippen LogP contribution in [0.1, 0.15) is 18.4 Å². The maximum Gasteiger partial charge on any atom is 0.320 e. The number of aliphatic hydroxyl groups is 1. The average molecular weight is 358 g/mol. The van der Waals surface area contributed by atoms with Crippen LogP contribution in [-0.2, 0) is 16.0 Å². The Morgan fingerprint density at radius 3 is 2.85 bits per heavy atom. The van der Waals surface area contributed by atoms with Gasteiger partial charge in [-0.25, -0.2) is 0 Å². The molecule has 1 aliphatic heterocycles. The van der Waals surface area contributed by atoms with Crippen LogP contribution in [-0.4, -0.2) is 62.2 Å². The zero-order valence-electron chi connectivity index (χ0n) is 14.3. The number of carbonyl (C=O) groups is 2. The van der Waals surface area contributed by atoms with E-state index in [-0.39, 0.29) is 31.2 Å². The molecule has 0 radical (unpaired) electrons. The van der Waals surface area contributed by atoms with E-state index in [2.05, 4.69) is 9.97 Å². The lowest BCUT2D eigenvalue weighted by Crippen LogP contribution is -2.34. The molecule has 1 amide bonds. The number of rotatable bonds is 6. The van der Waals surface area contributed by atoms with Crippen LogP contribution in [0.3, 0.4) is 0 Å². The summed E-state index contributed by atoms with van der Waals surface area (Å²) in [5.41, 5.74) is 8.03. The van der Waals surface area contributed by atoms with E-state index in [1.165, 1.54) is 0 Å². The first-order chi connectivity index (χ1) is 12.5. The zero-order chi connectivity index (χ0) is 18.7. The number of aliphatic carboxylic acids is 1. The first-order valence-electron chi connectivity index (χ1n) is 8.58. The monoisotopic (exact) mass is 358 g/mol. The average Bonchev–Trinajstić information content (AvgIpc) is 3.00. The number of nitrogens with two attached hydrogens (primary N) is 1. The molecular weight excluding hydrogens is 336 g/mol. The summed E-state index contributed by atoms with van der Waals surface area (Å²) in [5, 5.41) is 19.2. The fraction of sp³-hybridized carbons (Fsp3) is 0.444. The van der Waals surface area contributed by atoms with Crippen LogP contribution < -0.4 is 5.73 Å². The Morgan fingerprint density at radius 1 is 1.27 bits per heavy atom. The molecule has 8 nitrogen and oxygen atoms in total. The first-order valence-corrected chi connectivity index (χ1v) is 8.58. The molecule has 0 aromatic carbocycles. The van der Waals surface area contributed by atoms with Gasteiger partial charge in [0.1, 0.15) is 6.04 Å². The van der Waals surface area contributed by atoms with Gasteiger partial charge in [0.15, 0.2) is 0 Å². The Bertz CT molecular complexity index is 807. The van der Waals surface area contributed by atoms with Crippen molar-refractivity contribution in [3.8, 4) is 0 Å². The molecule has 3 atom stereocenters. The van der Waals surface area contributed by atoms with Crippen LogP contribution in [0, 0.1) is 5.92 Å². The summed E-state index contributed by atoms with van der Waals surface area (Å²) in [6, 6.07) is 4.55. The summed E-state index contributed by atoms with van der Waals surface area (Å²) in [7, 11) is 0. The molecular formula is C18H22N4O4. The van der Waals surface area contributed by atoms with Gasteiger partial charge in [-0.2, -0.15) is 0 Å². The molecule has 26 heavy (non-hydrogen) atoms. The maximum absolute atomic E-state index is 12.3. The standard InChI is InChI=1S/C18H22N4O4/c19-13(18(25)26)3-4-16(24)22-9-12(15(23)10-22)8-11-5-7-20-14-2-1-6-21-17(11)14/h1-2,5-7,12-13,15,23H,3-4,8-10,19H2,(H,25,26)/t12-,13-,15+/m0/s1. The number of β-amino-alcohol motifs (C(OH)–C–C–N with tert-alkyl or cyclic N) is 1. The van der Waals surface area contributed by atoms with Crippen molar-refractivity contribution in [2.45, 2.75) is 31.4 Å². The van der Waals surface area contributed by atoms with Gasteiger partial charge in [0.05, 0.1) is 17.1 Å². The molecule has 0 saturated carbocycles. The number of hydrogen-bond donors (Lipinski definition) is 3. The molecule has 0 aliphatic carbocycles. The minimum atomic E-state index is -1.12. The normalized spacial score (nSPS) is 21.1. The molecule has 3 heterocycles. The topological polar surface area (TPSA) is 130 Å². The van der Waals surface area contributed by atoms with Crippen molar-refractivity contribution in [3.05, 3.63) is 36.2 Å². The van der Waals surface area contributed by atoms with Crippen molar-refractivity contribution in [2.75, 3.05) is 13.1 Å². The van der Waals surface area contributed by atoms with Gasteiger partial charge in [0.2, 0.25) is 5.91 Å². The number of fused-ring (bicyclic) bond motifs is 1. The Morgan fingerprint density at radius 2 is 2.08 bits per heavy atom. The number of likely N-dealkylation sites (tertiary alicyclic amines) is 1.